The van der Waals surface area contributed by atoms with Crippen LogP contribution < -0.4 is 4.90 Å². The molecule has 6 rings (SSSR count). The standard InChI is InChI=1S/C31H25BrN4/c32-26-18-16-23(17-19-26)27-20-28(24-12-6-2-7-13-24)36(21-22-10-4-1-5-11-22)31-30(33-27)29(34-35-31)25-14-8-3-9-15-25/h1-19,28H,20-21H2,(H,34,35). The average molecular weight is 533 g/mol. The minimum atomic E-state index is 0.0713. The van der Waals surface area contributed by atoms with Crippen molar-refractivity contribution in [2.24, 2.45) is 4.99 Å². The molecule has 1 unspecified atom stereocenters. The van der Waals surface area contributed by atoms with E-state index < -0.39 is 0 Å². The smallest absolute Gasteiger partial charge is 0.177 e. The van der Waals surface area contributed by atoms with Crippen molar-refractivity contribution in [2.75, 3.05) is 4.90 Å². The van der Waals surface area contributed by atoms with E-state index in [1.54, 1.807) is 0 Å². The number of fused-ring (bicyclic) bond motifs is 1. The second-order valence-electron chi connectivity index (χ2n) is 8.95. The summed E-state index contributed by atoms with van der Waals surface area (Å²) in [4.78, 5) is 7.71. The average Bonchev–Trinajstić information content (AvgIpc) is 3.28. The molecule has 1 aromatic heterocycles. The Labute approximate surface area is 219 Å². The number of nitrogens with zero attached hydrogens (tertiary/aromatic N) is 3. The number of anilines is 1. The fraction of sp³-hybridized carbons (Fsp3) is 0.0968. The molecule has 5 aromatic rings. The fourth-order valence-electron chi connectivity index (χ4n) is 4.82. The number of hydrogen-bond donors (Lipinski definition) is 1. The molecule has 0 amide bonds. The first-order valence-electron chi connectivity index (χ1n) is 12.1. The summed E-state index contributed by atoms with van der Waals surface area (Å²) >= 11 is 3.58. The topological polar surface area (TPSA) is 44.3 Å². The van der Waals surface area contributed by atoms with Gasteiger partial charge in [0, 0.05) is 23.0 Å². The third-order valence-corrected chi connectivity index (χ3v) is 7.15. The molecular weight excluding hydrogens is 508 g/mol. The maximum absolute atomic E-state index is 5.31. The number of halogens is 1. The zero-order valence-electron chi connectivity index (χ0n) is 19.7. The monoisotopic (exact) mass is 532 g/mol. The Morgan fingerprint density at radius 1 is 0.750 bits per heavy atom. The molecule has 0 fully saturated rings. The number of benzene rings is 4. The number of nitrogens with one attached hydrogen (secondary N) is 1. The second-order valence-corrected chi connectivity index (χ2v) is 9.86. The number of aliphatic imine (C=N–C) groups is 1. The van der Waals surface area contributed by atoms with Crippen LogP contribution in [0.3, 0.4) is 0 Å². The van der Waals surface area contributed by atoms with Crippen LogP contribution in [-0.4, -0.2) is 15.9 Å². The molecular formula is C31H25BrN4. The zero-order chi connectivity index (χ0) is 24.3. The van der Waals surface area contributed by atoms with Gasteiger partial charge in [0.05, 0.1) is 17.4 Å². The van der Waals surface area contributed by atoms with Crippen molar-refractivity contribution in [3.05, 3.63) is 136 Å². The lowest BCUT2D eigenvalue weighted by molar-refractivity contribution is 0.633. The molecule has 1 atom stereocenters. The van der Waals surface area contributed by atoms with Gasteiger partial charge in [0.15, 0.2) is 5.82 Å². The van der Waals surface area contributed by atoms with Gasteiger partial charge in [-0.3, -0.25) is 5.10 Å². The predicted molar refractivity (Wildman–Crippen MR) is 151 cm³/mol. The Kier molecular flexibility index (Phi) is 6.22. The van der Waals surface area contributed by atoms with Gasteiger partial charge in [0.25, 0.3) is 0 Å². The number of H-pyrrole nitrogens is 1. The van der Waals surface area contributed by atoms with Crippen LogP contribution in [0, 0.1) is 0 Å². The first-order chi connectivity index (χ1) is 17.8. The van der Waals surface area contributed by atoms with E-state index in [2.05, 4.69) is 123 Å². The lowest BCUT2D eigenvalue weighted by Gasteiger charge is -2.31. The van der Waals surface area contributed by atoms with Gasteiger partial charge >= 0.3 is 0 Å². The van der Waals surface area contributed by atoms with E-state index in [-0.39, 0.29) is 6.04 Å². The number of aromatic amines is 1. The van der Waals surface area contributed by atoms with Gasteiger partial charge in [-0.2, -0.15) is 5.10 Å². The number of hydrogen-bond acceptors (Lipinski definition) is 3. The van der Waals surface area contributed by atoms with Crippen LogP contribution in [0.5, 0.6) is 0 Å². The highest BCUT2D eigenvalue weighted by Gasteiger charge is 2.32. The maximum Gasteiger partial charge on any atom is 0.177 e. The Hall–Kier alpha value is -3.96. The van der Waals surface area contributed by atoms with Gasteiger partial charge < -0.3 is 4.90 Å². The van der Waals surface area contributed by atoms with Crippen LogP contribution in [0.2, 0.25) is 0 Å². The molecule has 4 nitrogen and oxygen atoms in total. The van der Waals surface area contributed by atoms with E-state index in [9.17, 15) is 0 Å². The Balaban J connectivity index is 1.56. The van der Waals surface area contributed by atoms with Crippen molar-refractivity contribution < 1.29 is 0 Å². The Morgan fingerprint density at radius 2 is 1.39 bits per heavy atom. The molecule has 0 radical (unpaired) electrons. The first-order valence-corrected chi connectivity index (χ1v) is 12.9. The van der Waals surface area contributed by atoms with Crippen LogP contribution in [0.25, 0.3) is 11.3 Å². The van der Waals surface area contributed by atoms with E-state index in [0.29, 0.717) is 0 Å². The van der Waals surface area contributed by atoms with Gasteiger partial charge in [-0.1, -0.05) is 119 Å². The van der Waals surface area contributed by atoms with Crippen LogP contribution in [-0.2, 0) is 6.54 Å². The van der Waals surface area contributed by atoms with E-state index in [0.717, 1.165) is 51.5 Å². The maximum atomic E-state index is 5.31. The molecule has 0 spiro atoms. The Morgan fingerprint density at radius 3 is 2.08 bits per heavy atom. The molecule has 1 N–H and O–H groups in total. The SMILES string of the molecule is Brc1ccc(C2=Nc3c(n[nH]c3-c3ccccc3)N(Cc3ccccc3)C(c3ccccc3)C2)cc1. The summed E-state index contributed by atoms with van der Waals surface area (Å²) < 4.78 is 1.06. The molecule has 5 heteroatoms. The summed E-state index contributed by atoms with van der Waals surface area (Å²) in [7, 11) is 0. The highest BCUT2D eigenvalue weighted by molar-refractivity contribution is 9.10. The zero-order valence-corrected chi connectivity index (χ0v) is 21.3. The number of rotatable bonds is 5. The molecule has 176 valence electrons. The van der Waals surface area contributed by atoms with Gasteiger partial charge in [-0.25, -0.2) is 4.99 Å². The minimum absolute atomic E-state index is 0.0713. The molecule has 2 heterocycles. The van der Waals surface area contributed by atoms with Crippen LogP contribution in [0.1, 0.15) is 29.2 Å². The lowest BCUT2D eigenvalue weighted by atomic mass is 9.96. The van der Waals surface area contributed by atoms with Gasteiger partial charge in [-0.05, 0) is 28.8 Å². The van der Waals surface area contributed by atoms with Crippen molar-refractivity contribution in [3.8, 4) is 11.3 Å². The Bertz CT molecular complexity index is 1480. The lowest BCUT2D eigenvalue weighted by Crippen LogP contribution is -2.29. The van der Waals surface area contributed by atoms with Crippen molar-refractivity contribution in [1.29, 1.82) is 0 Å². The largest absolute Gasteiger partial charge is 0.342 e. The van der Waals surface area contributed by atoms with Crippen molar-refractivity contribution >= 4 is 33.1 Å². The van der Waals surface area contributed by atoms with E-state index in [1.807, 2.05) is 18.2 Å². The van der Waals surface area contributed by atoms with Crippen molar-refractivity contribution in [3.63, 3.8) is 0 Å². The normalized spacial score (nSPS) is 15.2. The predicted octanol–water partition coefficient (Wildman–Crippen LogP) is 8.11. The summed E-state index contributed by atoms with van der Waals surface area (Å²) in [6.07, 6.45) is 0.767. The van der Waals surface area contributed by atoms with Crippen molar-refractivity contribution in [2.45, 2.75) is 19.0 Å². The molecule has 1 aliphatic rings. The summed E-state index contributed by atoms with van der Waals surface area (Å²) in [5.74, 6) is 0.874. The summed E-state index contributed by atoms with van der Waals surface area (Å²) in [6, 6.07) is 40.1. The van der Waals surface area contributed by atoms with Gasteiger partial charge in [0.2, 0.25) is 0 Å². The van der Waals surface area contributed by atoms with Crippen LogP contribution >= 0.6 is 15.9 Å². The third-order valence-electron chi connectivity index (χ3n) is 6.62. The van der Waals surface area contributed by atoms with E-state index in [1.165, 1.54) is 11.1 Å². The highest BCUT2D eigenvalue weighted by Crippen LogP contribution is 2.44. The second kappa shape index (κ2) is 9.96. The van der Waals surface area contributed by atoms with E-state index >= 15 is 0 Å². The third kappa shape index (κ3) is 4.50. The summed E-state index contributed by atoms with van der Waals surface area (Å²) in [5, 5.41) is 8.20. The molecule has 36 heavy (non-hydrogen) atoms. The van der Waals surface area contributed by atoms with Crippen LogP contribution in [0.15, 0.2) is 125 Å². The van der Waals surface area contributed by atoms with Crippen LogP contribution in [0.4, 0.5) is 11.5 Å². The fourth-order valence-corrected chi connectivity index (χ4v) is 5.09. The number of aromatic nitrogens is 2. The molecule has 1 aliphatic heterocycles. The van der Waals surface area contributed by atoms with Gasteiger partial charge in [0.1, 0.15) is 5.69 Å². The summed E-state index contributed by atoms with van der Waals surface area (Å²) in [6.45, 7) is 0.732. The quantitative estimate of drug-likeness (QED) is 0.248. The highest BCUT2D eigenvalue weighted by atomic mass is 79.9. The minimum Gasteiger partial charge on any atom is -0.342 e. The van der Waals surface area contributed by atoms with Gasteiger partial charge in [-0.15, -0.1) is 0 Å². The molecule has 0 saturated carbocycles. The summed E-state index contributed by atoms with van der Waals surface area (Å²) in [5.41, 5.74) is 7.54. The molecule has 4 aromatic carbocycles. The van der Waals surface area contributed by atoms with Crippen molar-refractivity contribution in [1.82, 2.24) is 10.2 Å². The van der Waals surface area contributed by atoms with E-state index in [4.69, 9.17) is 10.1 Å². The molecule has 0 aliphatic carbocycles. The molecule has 0 saturated heterocycles. The first kappa shape index (κ1) is 22.5. The molecule has 0 bridgehead atoms.